The third-order valence-corrected chi connectivity index (χ3v) is 3.95. The predicted octanol–water partition coefficient (Wildman–Crippen LogP) is 2.94. The summed E-state index contributed by atoms with van der Waals surface area (Å²) in [5.41, 5.74) is 0. The molecule has 1 atom stereocenters. The second-order valence-electron chi connectivity index (χ2n) is 4.34. The van der Waals surface area contributed by atoms with Crippen LogP contribution in [0, 0.1) is 5.92 Å². The van der Waals surface area contributed by atoms with Gasteiger partial charge >= 0.3 is 5.97 Å². The number of hydrogen-bond acceptors (Lipinski definition) is 4. The highest BCUT2D eigenvalue weighted by atomic mass is 32.2. The van der Waals surface area contributed by atoms with Crippen molar-refractivity contribution in [1.29, 1.82) is 0 Å². The molecule has 0 aliphatic rings. The SMILES string of the molecule is CC(=O)OCC(=O)C(Sc1ccccc1)C(C)C. The summed E-state index contributed by atoms with van der Waals surface area (Å²) >= 11 is 1.52. The number of rotatable bonds is 6. The summed E-state index contributed by atoms with van der Waals surface area (Å²) in [5, 5.41) is -0.188. The van der Waals surface area contributed by atoms with Gasteiger partial charge < -0.3 is 4.74 Å². The molecule has 0 aliphatic carbocycles. The Hall–Kier alpha value is -1.29. The molecule has 0 spiro atoms. The Morgan fingerprint density at radius 1 is 1.22 bits per heavy atom. The summed E-state index contributed by atoms with van der Waals surface area (Å²) in [4.78, 5) is 23.8. The first kappa shape index (κ1) is 14.8. The Balaban J connectivity index is 2.65. The van der Waals surface area contributed by atoms with E-state index < -0.39 is 5.97 Å². The van der Waals surface area contributed by atoms with Gasteiger partial charge in [0.1, 0.15) is 0 Å². The van der Waals surface area contributed by atoms with Gasteiger partial charge in [-0.3, -0.25) is 9.59 Å². The molecule has 1 aromatic rings. The summed E-state index contributed by atoms with van der Waals surface area (Å²) in [6.07, 6.45) is 0. The highest BCUT2D eigenvalue weighted by molar-refractivity contribution is 8.00. The lowest BCUT2D eigenvalue weighted by molar-refractivity contribution is -0.145. The van der Waals surface area contributed by atoms with Crippen LogP contribution in [0.15, 0.2) is 35.2 Å². The summed E-state index contributed by atoms with van der Waals surface area (Å²) in [6.45, 7) is 5.15. The van der Waals surface area contributed by atoms with Crippen molar-refractivity contribution in [2.75, 3.05) is 6.61 Å². The van der Waals surface area contributed by atoms with Crippen LogP contribution in [0.3, 0.4) is 0 Å². The number of carbonyl (C=O) groups is 2. The van der Waals surface area contributed by atoms with Crippen molar-refractivity contribution in [3.8, 4) is 0 Å². The minimum absolute atomic E-state index is 0.0472. The molecule has 1 unspecified atom stereocenters. The van der Waals surface area contributed by atoms with E-state index in [1.807, 2.05) is 44.2 Å². The first-order valence-electron chi connectivity index (χ1n) is 5.88. The number of ether oxygens (including phenoxy) is 1. The zero-order chi connectivity index (χ0) is 13.5. The molecular weight excluding hydrogens is 248 g/mol. The molecule has 0 radical (unpaired) electrons. The average molecular weight is 266 g/mol. The Kier molecular flexibility index (Phi) is 5.92. The number of esters is 1. The molecule has 0 amide bonds. The minimum atomic E-state index is -0.421. The highest BCUT2D eigenvalue weighted by Gasteiger charge is 2.23. The third-order valence-electron chi connectivity index (χ3n) is 2.35. The molecule has 0 N–H and O–H groups in total. The molecule has 0 fully saturated rings. The lowest BCUT2D eigenvalue weighted by Crippen LogP contribution is -2.27. The molecule has 0 saturated carbocycles. The van der Waals surface area contributed by atoms with E-state index in [9.17, 15) is 9.59 Å². The van der Waals surface area contributed by atoms with Crippen LogP contribution in [0.4, 0.5) is 0 Å². The molecule has 0 saturated heterocycles. The maximum Gasteiger partial charge on any atom is 0.303 e. The quantitative estimate of drug-likeness (QED) is 0.586. The van der Waals surface area contributed by atoms with Gasteiger partial charge in [-0.05, 0) is 18.1 Å². The smallest absolute Gasteiger partial charge is 0.303 e. The monoisotopic (exact) mass is 266 g/mol. The van der Waals surface area contributed by atoms with Gasteiger partial charge in [0.2, 0.25) is 0 Å². The van der Waals surface area contributed by atoms with E-state index in [2.05, 4.69) is 0 Å². The predicted molar refractivity (Wildman–Crippen MR) is 72.6 cm³/mol. The van der Waals surface area contributed by atoms with Gasteiger partial charge in [-0.25, -0.2) is 0 Å². The average Bonchev–Trinajstić information content (AvgIpc) is 2.34. The van der Waals surface area contributed by atoms with Crippen LogP contribution < -0.4 is 0 Å². The lowest BCUT2D eigenvalue weighted by atomic mass is 10.1. The molecule has 3 nitrogen and oxygen atoms in total. The highest BCUT2D eigenvalue weighted by Crippen LogP contribution is 2.28. The fourth-order valence-corrected chi connectivity index (χ4v) is 2.55. The molecule has 0 bridgehead atoms. The molecule has 4 heteroatoms. The van der Waals surface area contributed by atoms with E-state index in [1.54, 1.807) is 0 Å². The van der Waals surface area contributed by atoms with E-state index in [4.69, 9.17) is 4.74 Å². The number of hydrogen-bond donors (Lipinski definition) is 0. The molecule has 0 aromatic heterocycles. The zero-order valence-corrected chi connectivity index (χ0v) is 11.7. The van der Waals surface area contributed by atoms with E-state index >= 15 is 0 Å². The number of thioether (sulfide) groups is 1. The molecular formula is C14H18O3S. The van der Waals surface area contributed by atoms with Crippen LogP contribution in [0.25, 0.3) is 0 Å². The van der Waals surface area contributed by atoms with Crippen molar-refractivity contribution in [2.45, 2.75) is 30.9 Å². The topological polar surface area (TPSA) is 43.4 Å². The van der Waals surface area contributed by atoms with Gasteiger partial charge in [-0.2, -0.15) is 0 Å². The van der Waals surface area contributed by atoms with E-state index in [1.165, 1.54) is 18.7 Å². The van der Waals surface area contributed by atoms with Gasteiger partial charge in [0.15, 0.2) is 12.4 Å². The summed E-state index contributed by atoms with van der Waals surface area (Å²) in [7, 11) is 0. The fourth-order valence-electron chi connectivity index (χ4n) is 1.47. The number of Topliss-reactive ketones (excluding diaryl/α,β-unsaturated/α-hetero) is 1. The van der Waals surface area contributed by atoms with E-state index in [-0.39, 0.29) is 23.6 Å². The summed E-state index contributed by atoms with van der Waals surface area (Å²) < 4.78 is 4.77. The molecule has 1 rings (SSSR count). The summed E-state index contributed by atoms with van der Waals surface area (Å²) in [5.74, 6) is -0.275. The van der Waals surface area contributed by atoms with E-state index in [0.717, 1.165) is 4.90 Å². The largest absolute Gasteiger partial charge is 0.458 e. The Labute approximate surface area is 112 Å². The molecule has 1 aromatic carbocycles. The van der Waals surface area contributed by atoms with Crippen molar-refractivity contribution in [3.63, 3.8) is 0 Å². The van der Waals surface area contributed by atoms with Crippen LogP contribution in [-0.4, -0.2) is 23.6 Å². The van der Waals surface area contributed by atoms with E-state index in [0.29, 0.717) is 0 Å². The Bertz CT molecular complexity index is 401. The van der Waals surface area contributed by atoms with Crippen LogP contribution in [-0.2, 0) is 14.3 Å². The Morgan fingerprint density at radius 3 is 2.33 bits per heavy atom. The van der Waals surface area contributed by atoms with Gasteiger partial charge in [0.25, 0.3) is 0 Å². The van der Waals surface area contributed by atoms with Gasteiger partial charge in [0.05, 0.1) is 5.25 Å². The number of benzene rings is 1. The third kappa shape index (κ3) is 4.92. The second-order valence-corrected chi connectivity index (χ2v) is 5.56. The molecule has 0 aliphatic heterocycles. The standard InChI is InChI=1S/C14H18O3S/c1-10(2)14(13(16)9-17-11(3)15)18-12-7-5-4-6-8-12/h4-8,10,14H,9H2,1-3H3. The van der Waals surface area contributed by atoms with Gasteiger partial charge in [-0.1, -0.05) is 32.0 Å². The maximum atomic E-state index is 12.0. The van der Waals surface area contributed by atoms with Crippen molar-refractivity contribution in [3.05, 3.63) is 30.3 Å². The Morgan fingerprint density at radius 2 is 1.83 bits per heavy atom. The van der Waals surface area contributed by atoms with Crippen LogP contribution in [0.5, 0.6) is 0 Å². The number of carbonyl (C=O) groups excluding carboxylic acids is 2. The van der Waals surface area contributed by atoms with Crippen LogP contribution in [0.2, 0.25) is 0 Å². The normalized spacial score (nSPS) is 12.2. The molecule has 0 heterocycles. The van der Waals surface area contributed by atoms with Crippen molar-refractivity contribution < 1.29 is 14.3 Å². The summed E-state index contributed by atoms with van der Waals surface area (Å²) in [6, 6.07) is 9.76. The fraction of sp³-hybridized carbons (Fsp3) is 0.429. The lowest BCUT2D eigenvalue weighted by Gasteiger charge is -2.18. The van der Waals surface area contributed by atoms with Gasteiger partial charge in [-0.15, -0.1) is 11.8 Å². The first-order valence-corrected chi connectivity index (χ1v) is 6.76. The second kappa shape index (κ2) is 7.21. The van der Waals surface area contributed by atoms with Crippen molar-refractivity contribution in [2.24, 2.45) is 5.92 Å². The maximum absolute atomic E-state index is 12.0. The number of ketones is 1. The molecule has 18 heavy (non-hydrogen) atoms. The zero-order valence-electron chi connectivity index (χ0n) is 10.9. The first-order chi connectivity index (χ1) is 8.50. The minimum Gasteiger partial charge on any atom is -0.458 e. The van der Waals surface area contributed by atoms with Gasteiger partial charge in [0, 0.05) is 11.8 Å². The van der Waals surface area contributed by atoms with Crippen LogP contribution in [0.1, 0.15) is 20.8 Å². The van der Waals surface area contributed by atoms with Crippen molar-refractivity contribution >= 4 is 23.5 Å². The van der Waals surface area contributed by atoms with Crippen molar-refractivity contribution in [1.82, 2.24) is 0 Å². The molecule has 98 valence electrons. The van der Waals surface area contributed by atoms with Crippen LogP contribution >= 0.6 is 11.8 Å².